The molecule has 1 aliphatic rings. The summed E-state index contributed by atoms with van der Waals surface area (Å²) in [7, 11) is 0. The molecule has 0 radical (unpaired) electrons. The second-order valence-corrected chi connectivity index (χ2v) is 5.91. The summed E-state index contributed by atoms with van der Waals surface area (Å²) in [6.07, 6.45) is 22.5. The lowest BCUT2D eigenvalue weighted by Gasteiger charge is -2.06. The molecule has 0 aromatic carbocycles. The fraction of sp³-hybridized carbons (Fsp3) is 0.737. The molecule has 1 rings (SSSR count). The van der Waals surface area contributed by atoms with Gasteiger partial charge in [0.05, 0.1) is 12.7 Å². The molecule has 0 saturated carbocycles. The highest BCUT2D eigenvalue weighted by atomic mass is 15.1. The van der Waals surface area contributed by atoms with Crippen molar-refractivity contribution in [3.63, 3.8) is 0 Å². The maximum atomic E-state index is 6.25. The van der Waals surface area contributed by atoms with Crippen LogP contribution in [0.2, 0.25) is 0 Å². The number of nitrogens with zero attached hydrogens (tertiary/aromatic N) is 1. The van der Waals surface area contributed by atoms with Crippen LogP contribution in [0.25, 0.3) is 0 Å². The maximum absolute atomic E-state index is 6.25. The van der Waals surface area contributed by atoms with Gasteiger partial charge < -0.3 is 11.8 Å². The molecular formula is C19H34N2. The highest BCUT2D eigenvalue weighted by Crippen LogP contribution is 2.10. The molecule has 120 valence electrons. The number of unbranched alkanes of at least 4 members (excludes halogenated alkanes) is 9. The van der Waals surface area contributed by atoms with Crippen molar-refractivity contribution in [1.82, 2.24) is 0 Å². The van der Waals surface area contributed by atoms with Crippen molar-refractivity contribution in [3.8, 4) is 0 Å². The molecule has 1 atom stereocenters. The average Bonchev–Trinajstić information content (AvgIpc) is 2.99. The Bertz CT molecular complexity index is 302. The van der Waals surface area contributed by atoms with Crippen molar-refractivity contribution < 1.29 is 4.90 Å². The van der Waals surface area contributed by atoms with E-state index in [4.69, 9.17) is 11.8 Å². The fourth-order valence-electron chi connectivity index (χ4n) is 2.74. The highest BCUT2D eigenvalue weighted by Gasteiger charge is 2.08. The Balaban J connectivity index is 0.00000191. The molecule has 0 fully saturated rings. The van der Waals surface area contributed by atoms with Crippen LogP contribution in [0.3, 0.4) is 0 Å². The van der Waals surface area contributed by atoms with Gasteiger partial charge in [-0.25, -0.2) is 0 Å². The third-order valence-electron chi connectivity index (χ3n) is 4.11. The monoisotopic (exact) mass is 290 g/mol. The third kappa shape index (κ3) is 11.3. The zero-order valence-electron chi connectivity index (χ0n) is 14.2. The van der Waals surface area contributed by atoms with E-state index in [1.165, 1.54) is 82.7 Å². The minimum atomic E-state index is 1.18. The summed E-state index contributed by atoms with van der Waals surface area (Å²) < 4.78 is 0. The first-order valence-corrected chi connectivity index (χ1v) is 8.83. The van der Waals surface area contributed by atoms with Gasteiger partial charge in [0.15, 0.2) is 0 Å². The number of rotatable bonds is 12. The summed E-state index contributed by atoms with van der Waals surface area (Å²) >= 11 is 0. The highest BCUT2D eigenvalue weighted by molar-refractivity contribution is 5.17. The van der Waals surface area contributed by atoms with Crippen molar-refractivity contribution >= 4 is 0 Å². The lowest BCUT2D eigenvalue weighted by atomic mass is 10.1. The summed E-state index contributed by atoms with van der Waals surface area (Å²) in [5.74, 6) is 0. The van der Waals surface area contributed by atoms with Crippen LogP contribution >= 0.6 is 0 Å². The van der Waals surface area contributed by atoms with E-state index in [2.05, 4.69) is 32.3 Å². The molecule has 0 bridgehead atoms. The van der Waals surface area contributed by atoms with E-state index in [9.17, 15) is 0 Å². The van der Waals surface area contributed by atoms with Crippen LogP contribution in [0.4, 0.5) is 0 Å². The smallest absolute Gasteiger partial charge is 0.102 e. The Morgan fingerprint density at radius 2 is 1.38 bits per heavy atom. The second kappa shape index (κ2) is 15.3. The molecule has 0 aliphatic carbocycles. The van der Waals surface area contributed by atoms with Crippen molar-refractivity contribution in [2.24, 2.45) is 0 Å². The molecule has 0 aromatic heterocycles. The van der Waals surface area contributed by atoms with Crippen LogP contribution in [0.1, 0.15) is 84.5 Å². The number of nitrogens with one attached hydrogen (secondary N) is 1. The summed E-state index contributed by atoms with van der Waals surface area (Å²) in [6, 6.07) is 0. The zero-order valence-corrected chi connectivity index (χ0v) is 14.2. The summed E-state index contributed by atoms with van der Waals surface area (Å²) in [5, 5.41) is 6.25. The Hall–Kier alpha value is -1.07. The molecule has 2 heteroatoms. The van der Waals surface area contributed by atoms with Crippen molar-refractivity contribution in [1.29, 1.82) is 5.26 Å². The predicted octanol–water partition coefficient (Wildman–Crippen LogP) is 4.71. The van der Waals surface area contributed by atoms with Gasteiger partial charge in [0.1, 0.15) is 6.20 Å². The van der Waals surface area contributed by atoms with Crippen LogP contribution in [0.15, 0.2) is 24.0 Å². The Labute approximate surface area is 132 Å². The van der Waals surface area contributed by atoms with Crippen LogP contribution in [-0.2, 0) is 0 Å². The minimum Gasteiger partial charge on any atom is -0.512 e. The molecule has 1 unspecified atom stereocenters. The van der Waals surface area contributed by atoms with Gasteiger partial charge in [0, 0.05) is 11.6 Å². The van der Waals surface area contributed by atoms with Crippen LogP contribution in [-0.4, -0.2) is 6.54 Å². The average molecular weight is 290 g/mol. The largest absolute Gasteiger partial charge is 0.512 e. The van der Waals surface area contributed by atoms with E-state index in [1.807, 2.05) is 0 Å². The number of hydrogen-bond donors (Lipinski definition) is 1. The molecule has 1 N–H and O–H groups in total. The topological polar surface area (TPSA) is 28.2 Å². The van der Waals surface area contributed by atoms with Gasteiger partial charge in [-0.2, -0.15) is 0 Å². The molecule has 0 saturated heterocycles. The van der Waals surface area contributed by atoms with Gasteiger partial charge in [0.25, 0.3) is 0 Å². The molecule has 0 aromatic rings. The van der Waals surface area contributed by atoms with Crippen molar-refractivity contribution in [2.75, 3.05) is 6.54 Å². The lowest BCUT2D eigenvalue weighted by Crippen LogP contribution is -3.01. The molecule has 1 aliphatic heterocycles. The van der Waals surface area contributed by atoms with Crippen LogP contribution in [0, 0.1) is 11.8 Å². The quantitative estimate of drug-likeness (QED) is 0.409. The summed E-state index contributed by atoms with van der Waals surface area (Å²) in [4.78, 5) is 1.55. The minimum absolute atomic E-state index is 1.18. The molecule has 0 spiro atoms. The van der Waals surface area contributed by atoms with E-state index < -0.39 is 0 Å². The Kier molecular flexibility index (Phi) is 14.5. The number of quaternary nitrogens is 1. The van der Waals surface area contributed by atoms with E-state index in [1.54, 1.807) is 4.90 Å². The zero-order chi connectivity index (χ0) is 15.8. The Morgan fingerprint density at radius 3 is 1.86 bits per heavy atom. The van der Waals surface area contributed by atoms with E-state index in [0.717, 1.165) is 0 Å². The summed E-state index contributed by atoms with van der Waals surface area (Å²) in [5.41, 5.74) is 1.50. The van der Waals surface area contributed by atoms with Gasteiger partial charge in [-0.1, -0.05) is 65.2 Å². The molecule has 1 heterocycles. The van der Waals surface area contributed by atoms with Crippen LogP contribution in [0.5, 0.6) is 0 Å². The second-order valence-electron chi connectivity index (χ2n) is 5.91. The van der Waals surface area contributed by atoms with Gasteiger partial charge >= 0.3 is 0 Å². The predicted molar refractivity (Wildman–Crippen MR) is 90.2 cm³/mol. The van der Waals surface area contributed by atoms with Crippen molar-refractivity contribution in [2.45, 2.75) is 84.5 Å². The normalized spacial score (nSPS) is 16.4. The molecule has 21 heavy (non-hydrogen) atoms. The molecule has 0 amide bonds. The number of hydrogen-bond acceptors (Lipinski definition) is 1. The third-order valence-corrected chi connectivity index (χ3v) is 4.11. The van der Waals surface area contributed by atoms with Gasteiger partial charge in [-0.3, -0.25) is 4.90 Å². The van der Waals surface area contributed by atoms with Crippen LogP contribution < -0.4 is 4.90 Å². The van der Waals surface area contributed by atoms with E-state index in [-0.39, 0.29) is 0 Å². The summed E-state index contributed by atoms with van der Waals surface area (Å²) in [6.45, 7) is 10.6. The molecule has 2 nitrogen and oxygen atoms in total. The standard InChI is InChI=1S/C18H33N.CN/c1-3-5-6-7-8-9-10-11-12-13-15-19-16-14-18(4-2)17-19;1-2/h14,16-17H,3-13,15H2,1-2H3;/q;-1/p+1. The SMILES string of the molecule is CCCCCCCCCCCC[NH+]1C=CC(CC)=C1.[C-]#N. The lowest BCUT2D eigenvalue weighted by molar-refractivity contribution is -0.788. The number of allylic oxidation sites excluding steroid dienone is 2. The van der Waals surface area contributed by atoms with E-state index >= 15 is 0 Å². The fourth-order valence-corrected chi connectivity index (χ4v) is 2.74. The maximum Gasteiger partial charge on any atom is 0.102 e. The first-order valence-electron chi connectivity index (χ1n) is 8.83. The van der Waals surface area contributed by atoms with Gasteiger partial charge in [-0.15, -0.1) is 0 Å². The van der Waals surface area contributed by atoms with E-state index in [0.29, 0.717) is 0 Å². The van der Waals surface area contributed by atoms with Gasteiger partial charge in [0.2, 0.25) is 0 Å². The first-order chi connectivity index (χ1) is 10.4. The van der Waals surface area contributed by atoms with Crippen molar-refractivity contribution in [3.05, 3.63) is 30.6 Å². The first kappa shape index (κ1) is 19.9. The molecular weight excluding hydrogens is 256 g/mol. The van der Waals surface area contributed by atoms with Gasteiger partial charge in [-0.05, 0) is 19.3 Å². The Morgan fingerprint density at radius 1 is 0.857 bits per heavy atom.